The van der Waals surface area contributed by atoms with Crippen molar-refractivity contribution < 1.29 is 9.84 Å². The van der Waals surface area contributed by atoms with Gasteiger partial charge < -0.3 is 9.84 Å². The normalized spacial score (nSPS) is 14.8. The summed E-state index contributed by atoms with van der Waals surface area (Å²) < 4.78 is 5.98. The molecule has 0 radical (unpaired) electrons. The van der Waals surface area contributed by atoms with Crippen LogP contribution in [0.25, 0.3) is 0 Å². The van der Waals surface area contributed by atoms with Crippen LogP contribution in [0.5, 0.6) is 0 Å². The highest BCUT2D eigenvalue weighted by atomic mass is 16.5. The molecule has 1 N–H and O–H groups in total. The van der Waals surface area contributed by atoms with E-state index in [0.29, 0.717) is 0 Å². The van der Waals surface area contributed by atoms with E-state index in [-0.39, 0.29) is 6.61 Å². The highest BCUT2D eigenvalue weighted by molar-refractivity contribution is 5.23. The van der Waals surface area contributed by atoms with E-state index >= 15 is 0 Å². The molecule has 0 amide bonds. The van der Waals surface area contributed by atoms with Crippen molar-refractivity contribution >= 4 is 0 Å². The van der Waals surface area contributed by atoms with E-state index in [1.54, 1.807) is 6.92 Å². The smallest absolute Gasteiger partial charge is 0.110 e. The summed E-state index contributed by atoms with van der Waals surface area (Å²) in [5.74, 6) is 0. The summed E-state index contributed by atoms with van der Waals surface area (Å²) in [6.07, 6.45) is 0. The molecule has 0 aliphatic carbocycles. The molecule has 0 aliphatic rings. The van der Waals surface area contributed by atoms with Crippen molar-refractivity contribution in [3.63, 3.8) is 0 Å². The first kappa shape index (κ1) is 14.8. The zero-order chi connectivity index (χ0) is 14.6. The lowest BCUT2D eigenvalue weighted by Crippen LogP contribution is -2.33. The first-order valence-electron chi connectivity index (χ1n) is 6.89. The van der Waals surface area contributed by atoms with Gasteiger partial charge in [0.15, 0.2) is 0 Å². The van der Waals surface area contributed by atoms with Crippen LogP contribution in [0.1, 0.15) is 31.9 Å². The predicted molar refractivity (Wildman–Crippen MR) is 81.4 cm³/mol. The number of aliphatic hydroxyl groups is 1. The van der Waals surface area contributed by atoms with E-state index in [4.69, 9.17) is 4.74 Å². The number of ether oxygens (including phenoxy) is 1. The molecule has 106 valence electrons. The van der Waals surface area contributed by atoms with Crippen LogP contribution in [0.15, 0.2) is 60.7 Å². The summed E-state index contributed by atoms with van der Waals surface area (Å²) in [5, 5.41) is 10.6. The third kappa shape index (κ3) is 3.47. The van der Waals surface area contributed by atoms with Gasteiger partial charge in [-0.3, -0.25) is 0 Å². The van der Waals surface area contributed by atoms with E-state index < -0.39 is 11.2 Å². The Hall–Kier alpha value is -1.64. The van der Waals surface area contributed by atoms with Crippen molar-refractivity contribution in [3.05, 3.63) is 71.8 Å². The van der Waals surface area contributed by atoms with Crippen molar-refractivity contribution in [3.8, 4) is 0 Å². The lowest BCUT2D eigenvalue weighted by atomic mass is 9.95. The number of benzene rings is 2. The third-order valence-electron chi connectivity index (χ3n) is 3.58. The van der Waals surface area contributed by atoms with E-state index in [9.17, 15) is 5.11 Å². The highest BCUT2D eigenvalue weighted by Gasteiger charge is 2.28. The molecule has 0 heterocycles. The summed E-state index contributed by atoms with van der Waals surface area (Å²) in [4.78, 5) is 0. The number of rotatable bonds is 5. The van der Waals surface area contributed by atoms with Crippen LogP contribution in [0, 0.1) is 0 Å². The molecule has 2 nitrogen and oxygen atoms in total. The van der Waals surface area contributed by atoms with E-state index in [1.807, 2.05) is 74.5 Å². The van der Waals surface area contributed by atoms with Crippen molar-refractivity contribution in [2.45, 2.75) is 32.0 Å². The Morgan fingerprint density at radius 2 is 1.25 bits per heavy atom. The van der Waals surface area contributed by atoms with Crippen molar-refractivity contribution in [2.24, 2.45) is 0 Å². The summed E-state index contributed by atoms with van der Waals surface area (Å²) in [5.41, 5.74) is 0.542. The van der Waals surface area contributed by atoms with Gasteiger partial charge in [-0.15, -0.1) is 0 Å². The second-order valence-corrected chi connectivity index (χ2v) is 5.80. The molecule has 2 heteroatoms. The van der Waals surface area contributed by atoms with E-state index in [0.717, 1.165) is 11.1 Å². The summed E-state index contributed by atoms with van der Waals surface area (Å²) in [7, 11) is 0. The SMILES string of the molecule is CC(O)(COC(C)(C)c1ccccc1)c1ccccc1. The van der Waals surface area contributed by atoms with Crippen LogP contribution in [-0.4, -0.2) is 11.7 Å². The quantitative estimate of drug-likeness (QED) is 0.894. The minimum atomic E-state index is -0.993. The highest BCUT2D eigenvalue weighted by Crippen LogP contribution is 2.28. The van der Waals surface area contributed by atoms with Crippen LogP contribution < -0.4 is 0 Å². The van der Waals surface area contributed by atoms with Gasteiger partial charge in [0.1, 0.15) is 5.60 Å². The van der Waals surface area contributed by atoms with Crippen LogP contribution in [0.2, 0.25) is 0 Å². The minimum Gasteiger partial charge on any atom is -0.383 e. The maximum Gasteiger partial charge on any atom is 0.110 e. The van der Waals surface area contributed by atoms with Crippen molar-refractivity contribution in [2.75, 3.05) is 6.61 Å². The molecular formula is C18H22O2. The minimum absolute atomic E-state index is 0.249. The summed E-state index contributed by atoms with van der Waals surface area (Å²) in [6.45, 7) is 6.06. The van der Waals surface area contributed by atoms with Gasteiger partial charge in [0.25, 0.3) is 0 Å². The maximum absolute atomic E-state index is 10.6. The fourth-order valence-corrected chi connectivity index (χ4v) is 2.12. The Kier molecular flexibility index (Phi) is 4.26. The number of hydrogen-bond acceptors (Lipinski definition) is 2. The monoisotopic (exact) mass is 270 g/mol. The molecule has 0 bridgehead atoms. The molecule has 0 aliphatic heterocycles. The Balaban J connectivity index is 2.08. The largest absolute Gasteiger partial charge is 0.383 e. The molecule has 2 aromatic carbocycles. The van der Waals surface area contributed by atoms with Gasteiger partial charge in [-0.1, -0.05) is 60.7 Å². The Morgan fingerprint density at radius 1 is 0.800 bits per heavy atom. The predicted octanol–water partition coefficient (Wildman–Crippen LogP) is 3.85. The van der Waals surface area contributed by atoms with E-state index in [2.05, 4.69) is 0 Å². The van der Waals surface area contributed by atoms with Gasteiger partial charge in [0.2, 0.25) is 0 Å². The molecule has 2 rings (SSSR count). The average molecular weight is 270 g/mol. The molecular weight excluding hydrogens is 248 g/mol. The Bertz CT molecular complexity index is 478. The van der Waals surface area contributed by atoms with Gasteiger partial charge >= 0.3 is 0 Å². The van der Waals surface area contributed by atoms with Gasteiger partial charge in [-0.05, 0) is 31.9 Å². The zero-order valence-corrected chi connectivity index (χ0v) is 12.3. The Morgan fingerprint density at radius 3 is 1.75 bits per heavy atom. The second-order valence-electron chi connectivity index (χ2n) is 5.80. The van der Waals surface area contributed by atoms with Crippen molar-refractivity contribution in [1.29, 1.82) is 0 Å². The molecule has 1 unspecified atom stereocenters. The average Bonchev–Trinajstić information content (AvgIpc) is 2.47. The lowest BCUT2D eigenvalue weighted by molar-refractivity contribution is -0.105. The summed E-state index contributed by atoms with van der Waals surface area (Å²) >= 11 is 0. The molecule has 0 aromatic heterocycles. The van der Waals surface area contributed by atoms with Crippen molar-refractivity contribution in [1.82, 2.24) is 0 Å². The van der Waals surface area contributed by atoms with Crippen LogP contribution in [0.4, 0.5) is 0 Å². The fourth-order valence-electron chi connectivity index (χ4n) is 2.12. The first-order valence-corrected chi connectivity index (χ1v) is 6.89. The van der Waals surface area contributed by atoms with Gasteiger partial charge in [-0.2, -0.15) is 0 Å². The molecule has 0 saturated carbocycles. The third-order valence-corrected chi connectivity index (χ3v) is 3.58. The lowest BCUT2D eigenvalue weighted by Gasteiger charge is -2.31. The van der Waals surface area contributed by atoms with Crippen LogP contribution in [-0.2, 0) is 15.9 Å². The molecule has 0 saturated heterocycles. The molecule has 2 aromatic rings. The van der Waals surface area contributed by atoms with Gasteiger partial charge in [0.05, 0.1) is 12.2 Å². The zero-order valence-electron chi connectivity index (χ0n) is 12.3. The Labute approximate surface area is 121 Å². The maximum atomic E-state index is 10.6. The molecule has 20 heavy (non-hydrogen) atoms. The van der Waals surface area contributed by atoms with Gasteiger partial charge in [-0.25, -0.2) is 0 Å². The van der Waals surface area contributed by atoms with Gasteiger partial charge in [0, 0.05) is 0 Å². The molecule has 1 atom stereocenters. The second kappa shape index (κ2) is 5.78. The van der Waals surface area contributed by atoms with Crippen LogP contribution >= 0.6 is 0 Å². The topological polar surface area (TPSA) is 29.5 Å². The fraction of sp³-hybridized carbons (Fsp3) is 0.333. The molecule has 0 fully saturated rings. The summed E-state index contributed by atoms with van der Waals surface area (Å²) in [6, 6.07) is 19.7. The molecule has 0 spiro atoms. The van der Waals surface area contributed by atoms with E-state index in [1.165, 1.54) is 0 Å². The standard InChI is InChI=1S/C18H22O2/c1-17(2,15-10-6-4-7-11-15)20-14-18(3,19)16-12-8-5-9-13-16/h4-13,19H,14H2,1-3H3. The number of hydrogen-bond donors (Lipinski definition) is 1. The van der Waals surface area contributed by atoms with Crippen LogP contribution in [0.3, 0.4) is 0 Å². The first-order chi connectivity index (χ1) is 9.42.